The van der Waals surface area contributed by atoms with Crippen molar-refractivity contribution in [2.45, 2.75) is 6.04 Å². The second kappa shape index (κ2) is 10.1. The summed E-state index contributed by atoms with van der Waals surface area (Å²) in [4.78, 5) is 14.9. The molecule has 0 spiro atoms. The molecular weight excluding hydrogens is 576 g/mol. The maximum absolute atomic E-state index is 6.49. The number of fused-ring (bicyclic) bond motifs is 6. The summed E-state index contributed by atoms with van der Waals surface area (Å²) in [7, 11) is 0. The number of benzene rings is 6. The second-order valence-electron chi connectivity index (χ2n) is 12.1. The Morgan fingerprint density at radius 2 is 1.15 bits per heavy atom. The Balaban J connectivity index is 1.07. The second-order valence-corrected chi connectivity index (χ2v) is 12.1. The maximum atomic E-state index is 6.49. The van der Waals surface area contributed by atoms with Gasteiger partial charge in [0.1, 0.15) is 5.58 Å². The van der Waals surface area contributed by atoms with E-state index < -0.39 is 0 Å². The van der Waals surface area contributed by atoms with Gasteiger partial charge in [-0.1, -0.05) is 133 Å². The zero-order valence-corrected chi connectivity index (χ0v) is 25.2. The standard InChI is InChI=1S/C42H26N4O/c1-3-10-26(11-4-1)39-44-40(27-12-5-2-6-13-27)46-41(45-39)32-18-9-19-36-38(32)33-22-23-35(43-42(33)47-36)28-20-21-29-30-16-7-14-25-15-8-17-31(37(25)30)34(29)24-28/h1-24,35,43H. The summed E-state index contributed by atoms with van der Waals surface area (Å²) in [5, 5.41) is 7.28. The maximum Gasteiger partial charge on any atom is 0.202 e. The molecule has 2 aliphatic rings. The summed E-state index contributed by atoms with van der Waals surface area (Å²) in [5.74, 6) is 2.61. The molecule has 1 N–H and O–H groups in total. The number of nitrogens with one attached hydrogen (secondary N) is 1. The molecular formula is C42H26N4O. The van der Waals surface area contributed by atoms with Crippen molar-refractivity contribution >= 4 is 33.7 Å². The molecule has 8 aromatic rings. The van der Waals surface area contributed by atoms with Crippen LogP contribution >= 0.6 is 0 Å². The lowest BCUT2D eigenvalue weighted by Crippen LogP contribution is -2.11. The van der Waals surface area contributed by atoms with E-state index in [0.717, 1.165) is 39.1 Å². The van der Waals surface area contributed by atoms with E-state index in [0.29, 0.717) is 17.5 Å². The van der Waals surface area contributed by atoms with Crippen LogP contribution in [0.3, 0.4) is 0 Å². The van der Waals surface area contributed by atoms with Crippen molar-refractivity contribution in [2.24, 2.45) is 0 Å². The highest BCUT2D eigenvalue weighted by Crippen LogP contribution is 2.48. The smallest absolute Gasteiger partial charge is 0.202 e. The molecule has 0 amide bonds. The zero-order chi connectivity index (χ0) is 30.9. The number of hydrogen-bond acceptors (Lipinski definition) is 5. The van der Waals surface area contributed by atoms with Gasteiger partial charge in [0, 0.05) is 27.6 Å². The van der Waals surface area contributed by atoms with E-state index in [1.54, 1.807) is 0 Å². The predicted octanol–water partition coefficient (Wildman–Crippen LogP) is 10.6. The van der Waals surface area contributed by atoms with E-state index in [9.17, 15) is 0 Å². The van der Waals surface area contributed by atoms with Gasteiger partial charge >= 0.3 is 0 Å². The van der Waals surface area contributed by atoms with Crippen molar-refractivity contribution < 1.29 is 4.42 Å². The predicted molar refractivity (Wildman–Crippen MR) is 190 cm³/mol. The minimum Gasteiger partial charge on any atom is -0.440 e. The van der Waals surface area contributed by atoms with Crippen molar-refractivity contribution in [1.29, 1.82) is 0 Å². The number of hydrogen-bond donors (Lipinski definition) is 1. The Morgan fingerprint density at radius 1 is 0.511 bits per heavy atom. The number of rotatable bonds is 4. The molecule has 5 heteroatoms. The number of aromatic nitrogens is 3. The van der Waals surface area contributed by atoms with Crippen LogP contribution in [0.15, 0.2) is 144 Å². The molecule has 0 radical (unpaired) electrons. The third-order valence-corrected chi connectivity index (χ3v) is 9.32. The number of anilines is 1. The number of furan rings is 1. The van der Waals surface area contributed by atoms with Crippen molar-refractivity contribution in [2.75, 3.05) is 5.32 Å². The monoisotopic (exact) mass is 602 g/mol. The fourth-order valence-corrected chi connectivity index (χ4v) is 7.13. The molecule has 0 fully saturated rings. The molecule has 220 valence electrons. The molecule has 1 unspecified atom stereocenters. The molecule has 1 atom stereocenters. The van der Waals surface area contributed by atoms with E-state index in [1.165, 1.54) is 38.6 Å². The van der Waals surface area contributed by atoms with Crippen LogP contribution in [-0.2, 0) is 0 Å². The van der Waals surface area contributed by atoms with Crippen LogP contribution in [0.5, 0.6) is 0 Å². The summed E-state index contributed by atoms with van der Waals surface area (Å²) in [6.45, 7) is 0. The van der Waals surface area contributed by atoms with Gasteiger partial charge in [0.2, 0.25) is 5.88 Å². The van der Waals surface area contributed by atoms with E-state index in [-0.39, 0.29) is 6.04 Å². The average Bonchev–Trinajstić information content (AvgIpc) is 3.68. The van der Waals surface area contributed by atoms with Gasteiger partial charge in [0.15, 0.2) is 17.5 Å². The van der Waals surface area contributed by atoms with Crippen molar-refractivity contribution in [3.05, 3.63) is 151 Å². The van der Waals surface area contributed by atoms with Gasteiger partial charge in [-0.25, -0.2) is 15.0 Å². The minimum atomic E-state index is -0.0359. The van der Waals surface area contributed by atoms with Gasteiger partial charge in [0.25, 0.3) is 0 Å². The SMILES string of the molecule is C1=CC(c2ccc3c(c2)-c2cccc4cccc-3c24)Nc2oc3cccc(-c4nc(-c5ccccc5)nc(-c5ccccc5)n4)c3c21. The lowest BCUT2D eigenvalue weighted by atomic mass is 9.95. The Labute approximate surface area is 270 Å². The van der Waals surface area contributed by atoms with Crippen LogP contribution in [-0.4, -0.2) is 15.0 Å². The molecule has 6 aromatic carbocycles. The molecule has 10 rings (SSSR count). The first-order valence-corrected chi connectivity index (χ1v) is 15.8. The molecule has 1 aliphatic carbocycles. The first-order valence-electron chi connectivity index (χ1n) is 15.8. The normalized spacial score (nSPS) is 14.3. The van der Waals surface area contributed by atoms with Crippen LogP contribution in [0.25, 0.3) is 84.2 Å². The van der Waals surface area contributed by atoms with Crippen molar-refractivity contribution in [3.8, 4) is 56.4 Å². The fraction of sp³-hybridized carbons (Fsp3) is 0.0238. The van der Waals surface area contributed by atoms with Gasteiger partial charge in [-0.3, -0.25) is 0 Å². The van der Waals surface area contributed by atoms with Gasteiger partial charge in [-0.05, 0) is 50.7 Å². The molecule has 0 saturated heterocycles. The van der Waals surface area contributed by atoms with E-state index in [2.05, 4.69) is 78.1 Å². The van der Waals surface area contributed by atoms with Gasteiger partial charge in [-0.15, -0.1) is 0 Å². The Kier molecular flexibility index (Phi) is 5.57. The van der Waals surface area contributed by atoms with Crippen LogP contribution < -0.4 is 5.32 Å². The topological polar surface area (TPSA) is 63.8 Å². The molecule has 2 aromatic heterocycles. The minimum absolute atomic E-state index is 0.0359. The summed E-state index contributed by atoms with van der Waals surface area (Å²) >= 11 is 0. The first-order chi connectivity index (χ1) is 23.3. The Hall–Kier alpha value is -6.33. The summed E-state index contributed by atoms with van der Waals surface area (Å²) in [6.07, 6.45) is 4.39. The quantitative estimate of drug-likeness (QED) is 0.217. The van der Waals surface area contributed by atoms with Gasteiger partial charge in [0.05, 0.1) is 6.04 Å². The third kappa shape index (κ3) is 4.07. The Morgan fingerprint density at radius 3 is 1.87 bits per heavy atom. The van der Waals surface area contributed by atoms with Crippen molar-refractivity contribution in [3.63, 3.8) is 0 Å². The van der Waals surface area contributed by atoms with Crippen LogP contribution in [0.2, 0.25) is 0 Å². The highest BCUT2D eigenvalue weighted by atomic mass is 16.4. The zero-order valence-electron chi connectivity index (χ0n) is 25.2. The highest BCUT2D eigenvalue weighted by Gasteiger charge is 2.26. The van der Waals surface area contributed by atoms with Gasteiger partial charge in [-0.2, -0.15) is 0 Å². The molecule has 1 aliphatic heterocycles. The fourth-order valence-electron chi connectivity index (χ4n) is 7.13. The molecule has 0 saturated carbocycles. The van der Waals surface area contributed by atoms with E-state index >= 15 is 0 Å². The van der Waals surface area contributed by atoms with Crippen LogP contribution in [0.4, 0.5) is 5.88 Å². The summed E-state index contributed by atoms with van der Waals surface area (Å²) < 4.78 is 6.49. The van der Waals surface area contributed by atoms with E-state index in [1.807, 2.05) is 72.8 Å². The van der Waals surface area contributed by atoms with E-state index in [4.69, 9.17) is 19.4 Å². The molecule has 47 heavy (non-hydrogen) atoms. The van der Waals surface area contributed by atoms with Crippen LogP contribution in [0.1, 0.15) is 17.2 Å². The summed E-state index contributed by atoms with van der Waals surface area (Å²) in [6, 6.07) is 46.1. The first kappa shape index (κ1) is 25.9. The van der Waals surface area contributed by atoms with Crippen molar-refractivity contribution in [1.82, 2.24) is 15.0 Å². The third-order valence-electron chi connectivity index (χ3n) is 9.32. The highest BCUT2D eigenvalue weighted by molar-refractivity contribution is 6.15. The van der Waals surface area contributed by atoms with Crippen LogP contribution in [0, 0.1) is 0 Å². The average molecular weight is 603 g/mol. The lowest BCUT2D eigenvalue weighted by Gasteiger charge is -2.20. The summed E-state index contributed by atoms with van der Waals surface area (Å²) in [5.41, 5.74) is 10.9. The number of nitrogens with zero attached hydrogens (tertiary/aromatic N) is 3. The van der Waals surface area contributed by atoms with Gasteiger partial charge < -0.3 is 9.73 Å². The largest absolute Gasteiger partial charge is 0.440 e. The Bertz CT molecular complexity index is 2490. The molecule has 0 bridgehead atoms. The lowest BCUT2D eigenvalue weighted by molar-refractivity contribution is 0.619. The molecule has 5 nitrogen and oxygen atoms in total. The molecule has 3 heterocycles.